The summed E-state index contributed by atoms with van der Waals surface area (Å²) in [7, 11) is 0. The van der Waals surface area contributed by atoms with Gasteiger partial charge in [0.15, 0.2) is 0 Å². The molecule has 2 aromatic carbocycles. The van der Waals surface area contributed by atoms with Crippen molar-refractivity contribution in [3.05, 3.63) is 64.0 Å². The first-order chi connectivity index (χ1) is 11.4. The Kier molecular flexibility index (Phi) is 5.20. The minimum Gasteiger partial charge on any atom is -0.326 e. The van der Waals surface area contributed by atoms with Gasteiger partial charge in [-0.15, -0.1) is 0 Å². The molecule has 0 aromatic heterocycles. The number of nitrogens with one attached hydrogen (secondary N) is 2. The quantitative estimate of drug-likeness (QED) is 0.648. The molecule has 2 aromatic rings. The van der Waals surface area contributed by atoms with Gasteiger partial charge in [0.1, 0.15) is 5.82 Å². The number of benzene rings is 2. The number of hydrogen-bond acceptors (Lipinski definition) is 4. The molecule has 0 unspecified atom stereocenters. The van der Waals surface area contributed by atoms with Crippen molar-refractivity contribution in [1.29, 1.82) is 0 Å². The molecule has 0 saturated carbocycles. The Bertz CT molecular complexity index is 808. The molecular weight excluding hydrogens is 317 g/mol. The average Bonchev–Trinajstić information content (AvgIpc) is 2.56. The third kappa shape index (κ3) is 4.13. The van der Waals surface area contributed by atoms with Crippen LogP contribution in [0.2, 0.25) is 0 Å². The van der Waals surface area contributed by atoms with E-state index < -0.39 is 16.6 Å². The monoisotopic (exact) mass is 331 g/mol. The Morgan fingerprint density at radius 1 is 1.17 bits per heavy atom. The largest absolute Gasteiger partial charge is 0.326 e. The molecule has 124 valence electrons. The Hall–Kier alpha value is -3.29. The molecule has 7 nitrogen and oxygen atoms in total. The topological polar surface area (TPSA) is 101 Å². The minimum atomic E-state index is -0.788. The number of amides is 2. The van der Waals surface area contributed by atoms with Crippen molar-refractivity contribution in [3.8, 4) is 0 Å². The van der Waals surface area contributed by atoms with E-state index in [0.29, 0.717) is 5.69 Å². The van der Waals surface area contributed by atoms with Crippen LogP contribution in [0.15, 0.2) is 42.5 Å². The van der Waals surface area contributed by atoms with Crippen LogP contribution in [-0.2, 0) is 4.79 Å². The molecule has 0 atom stereocenters. The van der Waals surface area contributed by atoms with Crippen molar-refractivity contribution in [1.82, 2.24) is 0 Å². The van der Waals surface area contributed by atoms with Gasteiger partial charge in [-0.2, -0.15) is 0 Å². The van der Waals surface area contributed by atoms with Gasteiger partial charge >= 0.3 is 0 Å². The molecular formula is C16H14FN3O4. The molecule has 2 amide bonds. The van der Waals surface area contributed by atoms with Crippen molar-refractivity contribution < 1.29 is 18.9 Å². The van der Waals surface area contributed by atoms with E-state index in [1.54, 1.807) is 19.1 Å². The lowest BCUT2D eigenvalue weighted by Gasteiger charge is -2.08. The maximum absolute atomic E-state index is 13.7. The summed E-state index contributed by atoms with van der Waals surface area (Å²) >= 11 is 0. The van der Waals surface area contributed by atoms with Crippen molar-refractivity contribution in [3.63, 3.8) is 0 Å². The van der Waals surface area contributed by atoms with Crippen LogP contribution in [0.4, 0.5) is 21.5 Å². The number of nitro groups is 1. The van der Waals surface area contributed by atoms with E-state index in [2.05, 4.69) is 10.6 Å². The second kappa shape index (κ2) is 7.32. The molecule has 0 bridgehead atoms. The number of rotatable bonds is 5. The van der Waals surface area contributed by atoms with Crippen molar-refractivity contribution in [2.45, 2.75) is 13.3 Å². The molecule has 0 radical (unpaired) electrons. The highest BCUT2D eigenvalue weighted by Gasteiger charge is 2.14. The van der Waals surface area contributed by atoms with Gasteiger partial charge in [0, 0.05) is 29.8 Å². The highest BCUT2D eigenvalue weighted by Crippen LogP contribution is 2.22. The number of nitro benzene ring substituents is 1. The normalized spacial score (nSPS) is 10.1. The van der Waals surface area contributed by atoms with Gasteiger partial charge in [-0.3, -0.25) is 19.7 Å². The summed E-state index contributed by atoms with van der Waals surface area (Å²) in [5.41, 5.74) is -0.0309. The average molecular weight is 331 g/mol. The third-order valence-corrected chi connectivity index (χ3v) is 3.14. The van der Waals surface area contributed by atoms with Crippen molar-refractivity contribution in [2.75, 3.05) is 10.6 Å². The number of halogens is 1. The number of carbonyl (C=O) groups excluding carboxylic acids is 2. The van der Waals surface area contributed by atoms with E-state index in [1.807, 2.05) is 0 Å². The zero-order valence-corrected chi connectivity index (χ0v) is 12.7. The summed E-state index contributed by atoms with van der Waals surface area (Å²) in [4.78, 5) is 33.6. The van der Waals surface area contributed by atoms with E-state index in [4.69, 9.17) is 0 Å². The third-order valence-electron chi connectivity index (χ3n) is 3.14. The molecule has 2 rings (SSSR count). The molecule has 0 spiro atoms. The first kappa shape index (κ1) is 17.1. The molecule has 0 aliphatic heterocycles. The molecule has 0 saturated heterocycles. The van der Waals surface area contributed by atoms with Gasteiger partial charge < -0.3 is 10.6 Å². The standard InChI is InChI=1S/C16H14FN3O4/c1-2-15(21)18-11-5-3-4-10(8-11)16(22)19-14-9-12(20(23)24)6-7-13(14)17/h3-9H,2H2,1H3,(H,18,21)(H,19,22). The zero-order valence-electron chi connectivity index (χ0n) is 12.7. The second-order valence-corrected chi connectivity index (χ2v) is 4.86. The number of carbonyl (C=O) groups is 2. The predicted molar refractivity (Wildman–Crippen MR) is 86.4 cm³/mol. The lowest BCUT2D eigenvalue weighted by atomic mass is 10.1. The maximum Gasteiger partial charge on any atom is 0.271 e. The summed E-state index contributed by atoms with van der Waals surface area (Å²) < 4.78 is 13.7. The SMILES string of the molecule is CCC(=O)Nc1cccc(C(=O)Nc2cc([N+](=O)[O-])ccc2F)c1. The molecule has 0 aliphatic rings. The van der Waals surface area contributed by atoms with Gasteiger partial charge in [-0.05, 0) is 24.3 Å². The van der Waals surface area contributed by atoms with Crippen LogP contribution in [0.25, 0.3) is 0 Å². The van der Waals surface area contributed by atoms with Crippen LogP contribution in [0, 0.1) is 15.9 Å². The Balaban J connectivity index is 2.21. The molecule has 0 fully saturated rings. The number of hydrogen-bond donors (Lipinski definition) is 2. The van der Waals surface area contributed by atoms with Gasteiger partial charge in [0.2, 0.25) is 5.91 Å². The van der Waals surface area contributed by atoms with Gasteiger partial charge in [0.05, 0.1) is 10.6 Å². The van der Waals surface area contributed by atoms with Crippen LogP contribution >= 0.6 is 0 Å². The summed E-state index contributed by atoms with van der Waals surface area (Å²) in [5, 5.41) is 15.6. The van der Waals surface area contributed by atoms with E-state index in [1.165, 1.54) is 12.1 Å². The Morgan fingerprint density at radius 2 is 1.92 bits per heavy atom. The lowest BCUT2D eigenvalue weighted by molar-refractivity contribution is -0.384. The van der Waals surface area contributed by atoms with E-state index >= 15 is 0 Å². The lowest BCUT2D eigenvalue weighted by Crippen LogP contribution is -2.14. The number of anilines is 2. The van der Waals surface area contributed by atoms with Crippen LogP contribution in [0.3, 0.4) is 0 Å². The minimum absolute atomic E-state index is 0.176. The summed E-state index contributed by atoms with van der Waals surface area (Å²) in [6, 6.07) is 8.93. The van der Waals surface area contributed by atoms with Gasteiger partial charge in [-0.1, -0.05) is 13.0 Å². The molecule has 8 heteroatoms. The highest BCUT2D eigenvalue weighted by atomic mass is 19.1. The summed E-state index contributed by atoms with van der Waals surface area (Å²) in [6.45, 7) is 1.69. The van der Waals surface area contributed by atoms with Gasteiger partial charge in [0.25, 0.3) is 11.6 Å². The zero-order chi connectivity index (χ0) is 17.7. The van der Waals surface area contributed by atoms with Gasteiger partial charge in [-0.25, -0.2) is 4.39 Å². The van der Waals surface area contributed by atoms with Crippen molar-refractivity contribution in [2.24, 2.45) is 0 Å². The Morgan fingerprint density at radius 3 is 2.58 bits per heavy atom. The summed E-state index contributed by atoms with van der Waals surface area (Å²) in [6.07, 6.45) is 0.287. The molecule has 24 heavy (non-hydrogen) atoms. The van der Waals surface area contributed by atoms with Crippen molar-refractivity contribution >= 4 is 28.9 Å². The molecule has 0 heterocycles. The fraction of sp³-hybridized carbons (Fsp3) is 0.125. The first-order valence-electron chi connectivity index (χ1n) is 7.06. The smallest absolute Gasteiger partial charge is 0.271 e. The van der Waals surface area contributed by atoms with Crippen LogP contribution in [0.5, 0.6) is 0 Å². The predicted octanol–water partition coefficient (Wildman–Crippen LogP) is 3.33. The van der Waals surface area contributed by atoms with Crippen LogP contribution in [0.1, 0.15) is 23.7 Å². The van der Waals surface area contributed by atoms with E-state index in [-0.39, 0.29) is 29.3 Å². The maximum atomic E-state index is 13.7. The van der Waals surface area contributed by atoms with E-state index in [9.17, 15) is 24.1 Å². The summed E-state index contributed by atoms with van der Waals surface area (Å²) in [5.74, 6) is -1.65. The molecule has 0 aliphatic carbocycles. The first-order valence-corrected chi connectivity index (χ1v) is 7.06. The number of non-ortho nitro benzene ring substituents is 1. The fourth-order valence-electron chi connectivity index (χ4n) is 1.90. The van der Waals surface area contributed by atoms with Crippen LogP contribution < -0.4 is 10.6 Å². The number of nitrogens with zero attached hydrogens (tertiary/aromatic N) is 1. The Labute approximate surface area is 136 Å². The second-order valence-electron chi connectivity index (χ2n) is 4.86. The molecule has 2 N–H and O–H groups in total. The van der Waals surface area contributed by atoms with Crippen LogP contribution in [-0.4, -0.2) is 16.7 Å². The highest BCUT2D eigenvalue weighted by molar-refractivity contribution is 6.05. The fourth-order valence-corrected chi connectivity index (χ4v) is 1.90. The van der Waals surface area contributed by atoms with E-state index in [0.717, 1.165) is 18.2 Å².